The van der Waals surface area contributed by atoms with Crippen molar-refractivity contribution in [3.05, 3.63) is 65.2 Å². The van der Waals surface area contributed by atoms with Crippen LogP contribution in [0.4, 0.5) is 0 Å². The van der Waals surface area contributed by atoms with Crippen molar-refractivity contribution < 1.29 is 18.0 Å². The number of amides is 1. The van der Waals surface area contributed by atoms with Crippen LogP contribution in [-0.2, 0) is 19.4 Å². The van der Waals surface area contributed by atoms with Crippen LogP contribution in [-0.4, -0.2) is 44.9 Å². The van der Waals surface area contributed by atoms with E-state index in [1.165, 1.54) is 6.26 Å². The second kappa shape index (κ2) is 8.49. The highest BCUT2D eigenvalue weighted by Gasteiger charge is 2.30. The van der Waals surface area contributed by atoms with Gasteiger partial charge in [0.15, 0.2) is 9.84 Å². The minimum absolute atomic E-state index is 0.0841. The molecule has 1 heterocycles. The molecule has 1 fully saturated rings. The highest BCUT2D eigenvalue weighted by Crippen LogP contribution is 2.33. The largest absolute Gasteiger partial charge is 0.345 e. The second-order valence-corrected chi connectivity index (χ2v) is 9.95. The monoisotopic (exact) mass is 413 g/mol. The van der Waals surface area contributed by atoms with Crippen molar-refractivity contribution in [3.8, 4) is 0 Å². The fourth-order valence-corrected chi connectivity index (χ4v) is 4.61. The highest BCUT2D eigenvalue weighted by atomic mass is 32.2. The summed E-state index contributed by atoms with van der Waals surface area (Å²) in [5, 5.41) is 0. The maximum Gasteiger partial charge on any atom is 0.222 e. The minimum atomic E-state index is -3.27. The van der Waals surface area contributed by atoms with Gasteiger partial charge in [0, 0.05) is 44.5 Å². The van der Waals surface area contributed by atoms with Crippen molar-refractivity contribution >= 4 is 21.5 Å². The van der Waals surface area contributed by atoms with E-state index in [1.54, 1.807) is 36.2 Å². The Labute approximate surface area is 172 Å². The van der Waals surface area contributed by atoms with Gasteiger partial charge in [-0.05, 0) is 42.2 Å². The molecule has 0 radical (unpaired) electrons. The first-order chi connectivity index (χ1) is 13.7. The normalized spacial score (nSPS) is 18.5. The van der Waals surface area contributed by atoms with E-state index in [1.807, 2.05) is 31.2 Å². The van der Waals surface area contributed by atoms with Gasteiger partial charge in [0.05, 0.1) is 4.90 Å². The molecule has 154 valence electrons. The predicted octanol–water partition coefficient (Wildman–Crippen LogP) is 3.36. The number of carbonyl (C=O) groups is 2. The van der Waals surface area contributed by atoms with Crippen molar-refractivity contribution in [2.24, 2.45) is 5.92 Å². The first kappa shape index (κ1) is 21.2. The lowest BCUT2D eigenvalue weighted by Crippen LogP contribution is -2.40. The maximum absolute atomic E-state index is 13.1. The van der Waals surface area contributed by atoms with Crippen LogP contribution < -0.4 is 0 Å². The van der Waals surface area contributed by atoms with Gasteiger partial charge in [0.2, 0.25) is 5.91 Å². The average Bonchev–Trinajstić information content (AvgIpc) is 2.68. The van der Waals surface area contributed by atoms with Gasteiger partial charge in [-0.3, -0.25) is 9.59 Å². The summed E-state index contributed by atoms with van der Waals surface area (Å²) in [5.74, 6) is -0.0783. The van der Waals surface area contributed by atoms with Gasteiger partial charge in [-0.15, -0.1) is 0 Å². The summed E-state index contributed by atoms with van der Waals surface area (Å²) in [6.45, 7) is 2.48. The third-order valence-electron chi connectivity index (χ3n) is 5.76. The van der Waals surface area contributed by atoms with Crippen LogP contribution >= 0.6 is 0 Å². The van der Waals surface area contributed by atoms with Crippen LogP contribution in [0, 0.1) is 12.8 Å². The Morgan fingerprint density at radius 1 is 1.14 bits per heavy atom. The third kappa shape index (κ3) is 4.93. The Balaban J connectivity index is 1.91. The van der Waals surface area contributed by atoms with E-state index in [4.69, 9.17) is 0 Å². The lowest BCUT2D eigenvalue weighted by molar-refractivity contribution is -0.136. The predicted molar refractivity (Wildman–Crippen MR) is 113 cm³/mol. The topological polar surface area (TPSA) is 71.5 Å². The van der Waals surface area contributed by atoms with E-state index in [2.05, 4.69) is 0 Å². The SMILES string of the molecule is Cc1ccccc1[C@H](CC(=O)C1CCC(=O)N(C)C1)c1ccc(S(C)(=O)=O)cc1. The fraction of sp³-hybridized carbons (Fsp3) is 0.391. The molecule has 5 nitrogen and oxygen atoms in total. The first-order valence-electron chi connectivity index (χ1n) is 9.79. The molecule has 0 bridgehead atoms. The Hall–Kier alpha value is -2.47. The number of piperidine rings is 1. The molecule has 3 rings (SSSR count). The number of carbonyl (C=O) groups excluding carboxylic acids is 2. The van der Waals surface area contributed by atoms with Crippen molar-refractivity contribution in [3.63, 3.8) is 0 Å². The summed E-state index contributed by atoms with van der Waals surface area (Å²) < 4.78 is 23.6. The first-order valence-corrected chi connectivity index (χ1v) is 11.7. The van der Waals surface area contributed by atoms with Gasteiger partial charge in [-0.2, -0.15) is 0 Å². The Kier molecular flexibility index (Phi) is 6.22. The summed E-state index contributed by atoms with van der Waals surface area (Å²) in [7, 11) is -1.53. The van der Waals surface area contributed by atoms with Crippen molar-refractivity contribution in [1.82, 2.24) is 4.90 Å². The molecule has 1 amide bonds. The number of likely N-dealkylation sites (tertiary alicyclic amines) is 1. The molecule has 0 aliphatic carbocycles. The van der Waals surface area contributed by atoms with E-state index in [0.717, 1.165) is 16.7 Å². The number of aryl methyl sites for hydroxylation is 1. The lowest BCUT2D eigenvalue weighted by Gasteiger charge is -2.30. The van der Waals surface area contributed by atoms with Crippen LogP contribution in [0.25, 0.3) is 0 Å². The quantitative estimate of drug-likeness (QED) is 0.728. The number of hydrogen-bond donors (Lipinski definition) is 0. The Bertz CT molecular complexity index is 1010. The van der Waals surface area contributed by atoms with E-state index in [0.29, 0.717) is 25.8 Å². The van der Waals surface area contributed by atoms with Crippen LogP contribution in [0.1, 0.15) is 41.9 Å². The Morgan fingerprint density at radius 2 is 1.79 bits per heavy atom. The molecule has 0 N–H and O–H groups in total. The zero-order valence-electron chi connectivity index (χ0n) is 17.1. The molecular weight excluding hydrogens is 386 g/mol. The standard InChI is InChI=1S/C23H27NO4S/c1-16-6-4-5-7-20(16)21(17-8-11-19(12-9-17)29(3,27)28)14-22(25)18-10-13-23(26)24(2)15-18/h4-9,11-12,18,21H,10,13-15H2,1-3H3/t18?,21-/m1/s1. The summed E-state index contributed by atoms with van der Waals surface area (Å²) >= 11 is 0. The summed E-state index contributed by atoms with van der Waals surface area (Å²) in [4.78, 5) is 26.8. The summed E-state index contributed by atoms with van der Waals surface area (Å²) in [5.41, 5.74) is 3.07. The van der Waals surface area contributed by atoms with Crippen LogP contribution in [0.2, 0.25) is 0 Å². The molecule has 2 atom stereocenters. The number of rotatable bonds is 6. The van der Waals surface area contributed by atoms with Gasteiger partial charge in [-0.1, -0.05) is 36.4 Å². The van der Waals surface area contributed by atoms with E-state index in [-0.39, 0.29) is 28.4 Å². The highest BCUT2D eigenvalue weighted by molar-refractivity contribution is 7.90. The number of benzene rings is 2. The van der Waals surface area contributed by atoms with E-state index >= 15 is 0 Å². The summed E-state index contributed by atoms with van der Waals surface area (Å²) in [6.07, 6.45) is 2.52. The van der Waals surface area contributed by atoms with Gasteiger partial charge in [-0.25, -0.2) is 8.42 Å². The van der Waals surface area contributed by atoms with Crippen LogP contribution in [0.15, 0.2) is 53.4 Å². The average molecular weight is 414 g/mol. The number of nitrogens with zero attached hydrogens (tertiary/aromatic N) is 1. The molecular formula is C23H27NO4S. The molecule has 2 aromatic carbocycles. The fourth-order valence-electron chi connectivity index (χ4n) is 3.98. The zero-order chi connectivity index (χ0) is 21.2. The molecule has 1 aliphatic rings. The van der Waals surface area contributed by atoms with Crippen LogP contribution in [0.3, 0.4) is 0 Å². The Morgan fingerprint density at radius 3 is 2.38 bits per heavy atom. The lowest BCUT2D eigenvalue weighted by atomic mass is 9.81. The number of sulfone groups is 1. The molecule has 0 spiro atoms. The molecule has 1 aliphatic heterocycles. The molecule has 29 heavy (non-hydrogen) atoms. The molecule has 1 unspecified atom stereocenters. The molecule has 0 saturated carbocycles. The van der Waals surface area contributed by atoms with Gasteiger partial charge in [0.25, 0.3) is 0 Å². The smallest absolute Gasteiger partial charge is 0.222 e. The second-order valence-electron chi connectivity index (χ2n) is 7.93. The van der Waals surface area contributed by atoms with E-state index < -0.39 is 9.84 Å². The van der Waals surface area contributed by atoms with Crippen molar-refractivity contribution in [1.29, 1.82) is 0 Å². The maximum atomic E-state index is 13.1. The van der Waals surface area contributed by atoms with Gasteiger partial charge in [0.1, 0.15) is 5.78 Å². The molecule has 1 saturated heterocycles. The molecule has 6 heteroatoms. The van der Waals surface area contributed by atoms with Crippen LogP contribution in [0.5, 0.6) is 0 Å². The van der Waals surface area contributed by atoms with Gasteiger partial charge >= 0.3 is 0 Å². The van der Waals surface area contributed by atoms with Crippen molar-refractivity contribution in [2.75, 3.05) is 19.8 Å². The molecule has 0 aromatic heterocycles. The van der Waals surface area contributed by atoms with Gasteiger partial charge < -0.3 is 4.90 Å². The third-order valence-corrected chi connectivity index (χ3v) is 6.89. The van der Waals surface area contributed by atoms with E-state index in [9.17, 15) is 18.0 Å². The number of hydrogen-bond acceptors (Lipinski definition) is 4. The number of ketones is 1. The summed E-state index contributed by atoms with van der Waals surface area (Å²) in [6, 6.07) is 14.8. The minimum Gasteiger partial charge on any atom is -0.345 e. The molecule has 2 aromatic rings. The van der Waals surface area contributed by atoms with Crippen molar-refractivity contribution in [2.45, 2.75) is 37.0 Å². The zero-order valence-corrected chi connectivity index (χ0v) is 17.9. The number of Topliss-reactive ketones (excluding diaryl/α,β-unsaturated/α-hetero) is 1.